The number of amides is 1. The fraction of sp³-hybridized carbons (Fsp3) is 0.188. The zero-order valence-corrected chi connectivity index (χ0v) is 13.7. The highest BCUT2D eigenvalue weighted by atomic mass is 35.5. The minimum absolute atomic E-state index is 0.0384. The normalized spacial score (nSPS) is 12.0. The van der Waals surface area contributed by atoms with Crippen LogP contribution in [0.4, 0.5) is 14.5 Å². The molecular formula is C16H14ClF2NO2S. The molecule has 0 saturated heterocycles. The maximum Gasteiger partial charge on any atom is 0.387 e. The molecule has 2 aromatic carbocycles. The van der Waals surface area contributed by atoms with Crippen LogP contribution in [-0.2, 0) is 4.79 Å². The lowest BCUT2D eigenvalue weighted by molar-refractivity contribution is -0.115. The van der Waals surface area contributed by atoms with Crippen molar-refractivity contribution in [1.29, 1.82) is 0 Å². The van der Waals surface area contributed by atoms with Crippen LogP contribution in [0.1, 0.15) is 6.92 Å². The predicted molar refractivity (Wildman–Crippen MR) is 88.5 cm³/mol. The zero-order chi connectivity index (χ0) is 16.8. The summed E-state index contributed by atoms with van der Waals surface area (Å²) in [6.07, 6.45) is 0. The molecule has 1 atom stereocenters. The SMILES string of the molecule is CC(Sc1ccccc1Cl)C(=O)Nc1ccc(OC(F)F)cc1. The van der Waals surface area contributed by atoms with Crippen LogP contribution in [0.25, 0.3) is 0 Å². The first-order chi connectivity index (χ1) is 11.0. The number of thioether (sulfide) groups is 1. The van der Waals surface area contributed by atoms with Gasteiger partial charge >= 0.3 is 6.61 Å². The molecule has 0 fully saturated rings. The molecular weight excluding hydrogens is 344 g/mol. The minimum atomic E-state index is -2.87. The van der Waals surface area contributed by atoms with Crippen molar-refractivity contribution < 1.29 is 18.3 Å². The van der Waals surface area contributed by atoms with Gasteiger partial charge in [-0.15, -0.1) is 11.8 Å². The van der Waals surface area contributed by atoms with Crippen molar-refractivity contribution >= 4 is 35.0 Å². The first-order valence-electron chi connectivity index (χ1n) is 6.72. The number of nitrogens with one attached hydrogen (secondary N) is 1. The maximum atomic E-state index is 12.2. The van der Waals surface area contributed by atoms with Crippen LogP contribution < -0.4 is 10.1 Å². The van der Waals surface area contributed by atoms with Crippen molar-refractivity contribution in [1.82, 2.24) is 0 Å². The second-order valence-electron chi connectivity index (χ2n) is 4.58. The number of anilines is 1. The first kappa shape index (κ1) is 17.6. The summed E-state index contributed by atoms with van der Waals surface area (Å²) in [6.45, 7) is -1.11. The van der Waals surface area contributed by atoms with E-state index in [9.17, 15) is 13.6 Å². The van der Waals surface area contributed by atoms with Crippen molar-refractivity contribution in [3.05, 3.63) is 53.6 Å². The third-order valence-corrected chi connectivity index (χ3v) is 4.48. The smallest absolute Gasteiger partial charge is 0.387 e. The molecule has 0 saturated carbocycles. The molecule has 23 heavy (non-hydrogen) atoms. The molecule has 0 heterocycles. The molecule has 1 N–H and O–H groups in total. The van der Waals surface area contributed by atoms with Crippen molar-refractivity contribution in [3.8, 4) is 5.75 Å². The largest absolute Gasteiger partial charge is 0.435 e. The predicted octanol–water partition coefficient (Wildman–Crippen LogP) is 5.06. The third kappa shape index (κ3) is 5.41. The molecule has 0 aliphatic rings. The Morgan fingerprint density at radius 2 is 1.83 bits per heavy atom. The van der Waals surface area contributed by atoms with E-state index in [4.69, 9.17) is 11.6 Å². The fourth-order valence-electron chi connectivity index (χ4n) is 1.75. The standard InChI is InChI=1S/C16H14ClF2NO2S/c1-10(23-14-5-3-2-4-13(14)17)15(21)20-11-6-8-12(9-7-11)22-16(18)19/h2-10,16H,1H3,(H,20,21). The van der Waals surface area contributed by atoms with Crippen LogP contribution >= 0.6 is 23.4 Å². The van der Waals surface area contributed by atoms with Crippen molar-refractivity contribution in [2.24, 2.45) is 0 Å². The summed E-state index contributed by atoms with van der Waals surface area (Å²) >= 11 is 7.41. The average Bonchev–Trinajstić information content (AvgIpc) is 2.51. The molecule has 7 heteroatoms. The van der Waals surface area contributed by atoms with E-state index in [0.717, 1.165) is 4.90 Å². The van der Waals surface area contributed by atoms with E-state index in [1.807, 2.05) is 18.2 Å². The molecule has 2 rings (SSSR count). The van der Waals surface area contributed by atoms with Gasteiger partial charge in [-0.1, -0.05) is 23.7 Å². The van der Waals surface area contributed by atoms with Crippen LogP contribution in [0.5, 0.6) is 5.75 Å². The highest BCUT2D eigenvalue weighted by Crippen LogP contribution is 2.30. The van der Waals surface area contributed by atoms with Gasteiger partial charge in [-0.05, 0) is 43.3 Å². The Morgan fingerprint density at radius 1 is 1.17 bits per heavy atom. The molecule has 2 aromatic rings. The summed E-state index contributed by atoms with van der Waals surface area (Å²) in [6, 6.07) is 13.0. The Hall–Kier alpha value is -1.79. The highest BCUT2D eigenvalue weighted by Gasteiger charge is 2.16. The lowest BCUT2D eigenvalue weighted by Crippen LogP contribution is -2.22. The number of halogens is 3. The molecule has 0 aliphatic heterocycles. The van der Waals surface area contributed by atoms with Crippen LogP contribution in [0.3, 0.4) is 0 Å². The fourth-order valence-corrected chi connectivity index (χ4v) is 2.90. The van der Waals surface area contributed by atoms with Gasteiger partial charge in [-0.3, -0.25) is 4.79 Å². The number of hydrogen-bond acceptors (Lipinski definition) is 3. The van der Waals surface area contributed by atoms with Gasteiger partial charge in [0.25, 0.3) is 0 Å². The molecule has 122 valence electrons. The summed E-state index contributed by atoms with van der Waals surface area (Å²) < 4.78 is 28.4. The average molecular weight is 358 g/mol. The topological polar surface area (TPSA) is 38.3 Å². The van der Waals surface area contributed by atoms with Gasteiger partial charge in [0.2, 0.25) is 5.91 Å². The van der Waals surface area contributed by atoms with Gasteiger partial charge in [0.05, 0.1) is 10.3 Å². The number of benzene rings is 2. The quantitative estimate of drug-likeness (QED) is 0.734. The summed E-state index contributed by atoms with van der Waals surface area (Å²) in [5, 5.41) is 2.94. The third-order valence-electron chi connectivity index (χ3n) is 2.86. The van der Waals surface area contributed by atoms with Gasteiger partial charge in [-0.25, -0.2) is 0 Å². The number of alkyl halides is 2. The number of rotatable bonds is 6. The molecule has 0 spiro atoms. The number of carbonyl (C=O) groups excluding carboxylic acids is 1. The Morgan fingerprint density at radius 3 is 2.43 bits per heavy atom. The minimum Gasteiger partial charge on any atom is -0.435 e. The van der Waals surface area contributed by atoms with Crippen LogP contribution in [0.2, 0.25) is 5.02 Å². The second kappa shape index (κ2) is 8.17. The summed E-state index contributed by atoms with van der Waals surface area (Å²) in [4.78, 5) is 13.0. The first-order valence-corrected chi connectivity index (χ1v) is 7.98. The lowest BCUT2D eigenvalue weighted by Gasteiger charge is -2.13. The van der Waals surface area contributed by atoms with Crippen LogP contribution in [0.15, 0.2) is 53.4 Å². The van der Waals surface area contributed by atoms with Crippen molar-refractivity contribution in [2.45, 2.75) is 23.7 Å². The van der Waals surface area contributed by atoms with E-state index >= 15 is 0 Å². The molecule has 0 radical (unpaired) electrons. The lowest BCUT2D eigenvalue weighted by atomic mass is 10.3. The van der Waals surface area contributed by atoms with E-state index < -0.39 is 6.61 Å². The van der Waals surface area contributed by atoms with Crippen LogP contribution in [-0.4, -0.2) is 17.8 Å². The van der Waals surface area contributed by atoms with Gasteiger partial charge in [0, 0.05) is 10.6 Å². The summed E-state index contributed by atoms with van der Waals surface area (Å²) in [5.74, 6) is -0.172. The Labute approximate surface area is 142 Å². The second-order valence-corrected chi connectivity index (χ2v) is 6.37. The van der Waals surface area contributed by atoms with Gasteiger partial charge < -0.3 is 10.1 Å². The van der Waals surface area contributed by atoms with E-state index in [1.165, 1.54) is 36.0 Å². The van der Waals surface area contributed by atoms with Gasteiger partial charge in [0.15, 0.2) is 0 Å². The Balaban J connectivity index is 1.94. The Bertz CT molecular complexity index is 667. The number of carbonyl (C=O) groups is 1. The molecule has 3 nitrogen and oxygen atoms in total. The Kier molecular flexibility index (Phi) is 6.24. The van der Waals surface area contributed by atoms with Crippen molar-refractivity contribution in [3.63, 3.8) is 0 Å². The molecule has 0 aromatic heterocycles. The number of hydrogen-bond donors (Lipinski definition) is 1. The van der Waals surface area contributed by atoms with Gasteiger partial charge in [-0.2, -0.15) is 8.78 Å². The number of ether oxygens (including phenoxy) is 1. The maximum absolute atomic E-state index is 12.2. The van der Waals surface area contributed by atoms with Crippen LogP contribution in [0, 0.1) is 0 Å². The van der Waals surface area contributed by atoms with E-state index in [-0.39, 0.29) is 16.9 Å². The molecule has 0 aliphatic carbocycles. The van der Waals surface area contributed by atoms with E-state index in [2.05, 4.69) is 10.1 Å². The van der Waals surface area contributed by atoms with Crippen molar-refractivity contribution in [2.75, 3.05) is 5.32 Å². The van der Waals surface area contributed by atoms with Gasteiger partial charge in [0.1, 0.15) is 5.75 Å². The van der Waals surface area contributed by atoms with E-state index in [0.29, 0.717) is 10.7 Å². The molecule has 1 amide bonds. The summed E-state index contributed by atoms with van der Waals surface area (Å²) in [7, 11) is 0. The van der Waals surface area contributed by atoms with E-state index in [1.54, 1.807) is 13.0 Å². The highest BCUT2D eigenvalue weighted by molar-refractivity contribution is 8.00. The summed E-state index contributed by atoms with van der Waals surface area (Å²) in [5.41, 5.74) is 0.503. The molecule has 1 unspecified atom stereocenters. The molecule has 0 bridgehead atoms. The zero-order valence-electron chi connectivity index (χ0n) is 12.1. The monoisotopic (exact) mass is 357 g/mol.